The minimum atomic E-state index is -3.15. The van der Waals surface area contributed by atoms with Crippen LogP contribution in [0.25, 0.3) is 39.2 Å². The van der Waals surface area contributed by atoms with E-state index >= 15 is 4.57 Å². The third kappa shape index (κ3) is 3.80. The molecule has 0 radical (unpaired) electrons. The molecular formula is C36H26N2O2P+. The maximum Gasteiger partial charge on any atom is 0.178 e. The van der Waals surface area contributed by atoms with Crippen molar-refractivity contribution in [3.63, 3.8) is 0 Å². The lowest BCUT2D eigenvalue weighted by atomic mass is 9.93. The summed E-state index contributed by atoms with van der Waals surface area (Å²) in [5.74, 6) is 1.30. The summed E-state index contributed by atoms with van der Waals surface area (Å²) in [6.45, 7) is 0.923. The molecule has 0 saturated heterocycles. The molecule has 1 aromatic heterocycles. The van der Waals surface area contributed by atoms with Gasteiger partial charge in [0.1, 0.15) is 17.0 Å². The average Bonchev–Trinajstić information content (AvgIpc) is 3.05. The number of ether oxygens (including phenoxy) is 1. The first-order valence-electron chi connectivity index (χ1n) is 13.8. The van der Waals surface area contributed by atoms with Crippen LogP contribution in [0.15, 0.2) is 128 Å². The normalized spacial score (nSPS) is 16.9. The van der Waals surface area contributed by atoms with Gasteiger partial charge in [-0.1, -0.05) is 72.8 Å². The molecule has 1 unspecified atom stereocenters. The zero-order valence-electron chi connectivity index (χ0n) is 22.2. The summed E-state index contributed by atoms with van der Waals surface area (Å²) in [5.41, 5.74) is 7.75. The summed E-state index contributed by atoms with van der Waals surface area (Å²) >= 11 is 0. The van der Waals surface area contributed by atoms with Crippen molar-refractivity contribution in [2.24, 2.45) is 0 Å². The van der Waals surface area contributed by atoms with Crippen molar-refractivity contribution in [1.29, 1.82) is 0 Å². The zero-order chi connectivity index (χ0) is 27.4. The van der Waals surface area contributed by atoms with Gasteiger partial charge in [-0.15, -0.1) is 0 Å². The Kier molecular flexibility index (Phi) is 5.53. The zero-order valence-corrected chi connectivity index (χ0v) is 23.1. The topological polar surface area (TPSA) is 55.8 Å². The van der Waals surface area contributed by atoms with Crippen molar-refractivity contribution < 1.29 is 14.6 Å². The number of fused-ring (bicyclic) bond motifs is 5. The number of benzene rings is 5. The van der Waals surface area contributed by atoms with Crippen LogP contribution in [0.2, 0.25) is 0 Å². The fourth-order valence-electron chi connectivity index (χ4n) is 6.12. The maximum atomic E-state index is 15.1. The first-order valence-corrected chi connectivity index (χ1v) is 15.5. The molecule has 1 atom stereocenters. The van der Waals surface area contributed by atoms with Crippen LogP contribution in [0, 0.1) is 0 Å². The highest BCUT2D eigenvalue weighted by Gasteiger charge is 2.39. The van der Waals surface area contributed by atoms with Gasteiger partial charge in [-0.2, -0.15) is 0 Å². The molecular weight excluding hydrogens is 523 g/mol. The Hall–Kier alpha value is -4.76. The van der Waals surface area contributed by atoms with Gasteiger partial charge in [0.05, 0.1) is 17.2 Å². The highest BCUT2D eigenvalue weighted by atomic mass is 31.2. The van der Waals surface area contributed by atoms with Gasteiger partial charge in [-0.3, -0.25) is 0 Å². The quantitative estimate of drug-likeness (QED) is 0.201. The van der Waals surface area contributed by atoms with Gasteiger partial charge < -0.3 is 14.6 Å². The van der Waals surface area contributed by atoms with E-state index in [0.717, 1.165) is 55.6 Å². The third-order valence-corrected chi connectivity index (χ3v) is 11.2. The Bertz CT molecular complexity index is 2070. The molecule has 5 heteroatoms. The van der Waals surface area contributed by atoms with E-state index in [-0.39, 0.29) is 0 Å². The van der Waals surface area contributed by atoms with Crippen molar-refractivity contribution in [2.75, 3.05) is 6.54 Å². The summed E-state index contributed by atoms with van der Waals surface area (Å²) in [4.78, 5) is 4.76. The number of nitrogens with zero attached hydrogens (tertiary/aromatic N) is 1. The number of rotatable bonds is 3. The van der Waals surface area contributed by atoms with Gasteiger partial charge in [0.15, 0.2) is 12.8 Å². The van der Waals surface area contributed by atoms with Gasteiger partial charge in [-0.05, 0) is 76.9 Å². The van der Waals surface area contributed by atoms with Gasteiger partial charge >= 0.3 is 0 Å². The number of quaternary nitrogens is 1. The minimum Gasteiger partial charge on any atom is -0.456 e. The lowest BCUT2D eigenvalue weighted by Crippen LogP contribution is -2.78. The van der Waals surface area contributed by atoms with Crippen LogP contribution >= 0.6 is 7.14 Å². The van der Waals surface area contributed by atoms with Crippen LogP contribution < -0.4 is 26.0 Å². The number of aromatic nitrogens is 1. The van der Waals surface area contributed by atoms with Gasteiger partial charge in [0, 0.05) is 22.5 Å². The molecule has 6 aromatic rings. The molecule has 0 amide bonds. The first-order chi connectivity index (χ1) is 20.2. The first kappa shape index (κ1) is 24.1. The predicted octanol–water partition coefficient (Wildman–Crippen LogP) is 6.54. The van der Waals surface area contributed by atoms with E-state index in [4.69, 9.17) is 9.72 Å². The molecule has 0 bridgehead atoms. The fraction of sp³-hybridized carbons (Fsp3) is 0.0278. The van der Waals surface area contributed by atoms with Crippen LogP contribution in [0.5, 0.6) is 11.5 Å². The second-order valence-corrected chi connectivity index (χ2v) is 13.1. The molecule has 0 saturated carbocycles. The minimum absolute atomic E-state index is 0.644. The van der Waals surface area contributed by atoms with Crippen molar-refractivity contribution >= 4 is 45.7 Å². The van der Waals surface area contributed by atoms with Crippen LogP contribution in [-0.4, -0.2) is 11.5 Å². The largest absolute Gasteiger partial charge is 0.456 e. The molecule has 2 N–H and O–H groups in total. The Morgan fingerprint density at radius 1 is 0.707 bits per heavy atom. The predicted molar refractivity (Wildman–Crippen MR) is 168 cm³/mol. The van der Waals surface area contributed by atoms with E-state index in [1.54, 1.807) is 0 Å². The van der Waals surface area contributed by atoms with Crippen LogP contribution in [-0.2, 0) is 4.57 Å². The molecule has 41 heavy (non-hydrogen) atoms. The van der Waals surface area contributed by atoms with E-state index in [2.05, 4.69) is 66.0 Å². The van der Waals surface area contributed by atoms with E-state index in [0.29, 0.717) is 11.5 Å². The summed E-state index contributed by atoms with van der Waals surface area (Å²) in [7, 11) is -3.15. The van der Waals surface area contributed by atoms with Crippen LogP contribution in [0.3, 0.4) is 0 Å². The number of hydrogen-bond donors (Lipinski definition) is 1. The molecule has 0 fully saturated rings. The summed E-state index contributed by atoms with van der Waals surface area (Å²) < 4.78 is 21.4. The molecule has 3 heterocycles. The third-order valence-electron chi connectivity index (χ3n) is 8.07. The van der Waals surface area contributed by atoms with E-state index in [1.807, 2.05) is 72.9 Å². The van der Waals surface area contributed by atoms with Gasteiger partial charge in [0.25, 0.3) is 0 Å². The average molecular weight is 550 g/mol. The SMILES string of the molecule is O=P1(c2ccccc2)c2ccccc2Oc2ccc(-c3cccc(-c4cc5c(c6ncccc46)[NH2+]CC=C5)c3)cc21. The van der Waals surface area contributed by atoms with E-state index in [1.165, 1.54) is 11.3 Å². The van der Waals surface area contributed by atoms with Crippen molar-refractivity contribution in [3.05, 3.63) is 133 Å². The van der Waals surface area contributed by atoms with Crippen molar-refractivity contribution in [3.8, 4) is 33.8 Å². The Morgan fingerprint density at radius 3 is 2.44 bits per heavy atom. The molecule has 4 nitrogen and oxygen atoms in total. The van der Waals surface area contributed by atoms with E-state index in [9.17, 15) is 0 Å². The van der Waals surface area contributed by atoms with E-state index < -0.39 is 7.14 Å². The molecule has 5 aromatic carbocycles. The fourth-order valence-corrected chi connectivity index (χ4v) is 9.01. The standard InChI is InChI=1S/C36H25N2O2P/c39-41(28-12-2-1-3-13-28)33-16-5-4-15-31(33)40-32-18-17-25(23-34(32)41)24-9-6-10-26(21-24)30-22-27-11-7-19-37-35(27)36-29(30)14-8-20-38-36/h1-18,20-23,37H,19H2/p+1. The van der Waals surface area contributed by atoms with Gasteiger partial charge in [-0.25, -0.2) is 4.98 Å². The summed E-state index contributed by atoms with van der Waals surface area (Å²) in [5, 5.41) is 5.67. The van der Waals surface area contributed by atoms with Crippen molar-refractivity contribution in [1.82, 2.24) is 4.98 Å². The van der Waals surface area contributed by atoms with Crippen LogP contribution in [0.4, 0.5) is 5.69 Å². The summed E-state index contributed by atoms with van der Waals surface area (Å²) in [6, 6.07) is 38.5. The number of para-hydroxylation sites is 1. The molecule has 8 rings (SSSR count). The highest BCUT2D eigenvalue weighted by Crippen LogP contribution is 2.52. The second kappa shape index (κ2) is 9.42. The molecule has 196 valence electrons. The number of pyridine rings is 1. The number of hydrogen-bond acceptors (Lipinski definition) is 3. The molecule has 0 aliphatic carbocycles. The lowest BCUT2D eigenvalue weighted by molar-refractivity contribution is -0.560. The lowest BCUT2D eigenvalue weighted by Gasteiger charge is -2.29. The van der Waals surface area contributed by atoms with Crippen molar-refractivity contribution in [2.45, 2.75) is 0 Å². The smallest absolute Gasteiger partial charge is 0.178 e. The molecule has 0 spiro atoms. The highest BCUT2D eigenvalue weighted by molar-refractivity contribution is 7.85. The maximum absolute atomic E-state index is 15.1. The number of nitrogens with two attached hydrogens (primary N) is 1. The summed E-state index contributed by atoms with van der Waals surface area (Å²) in [6.07, 6.45) is 6.25. The van der Waals surface area contributed by atoms with Crippen LogP contribution in [0.1, 0.15) is 5.56 Å². The molecule has 2 aliphatic heterocycles. The molecule has 2 aliphatic rings. The Balaban J connectivity index is 1.29. The van der Waals surface area contributed by atoms with Gasteiger partial charge in [0.2, 0.25) is 0 Å². The second-order valence-electron chi connectivity index (χ2n) is 10.4. The Morgan fingerprint density at radius 2 is 1.51 bits per heavy atom. The monoisotopic (exact) mass is 549 g/mol. The Labute approximate surface area is 238 Å².